The number of H-pyrrole nitrogens is 1. The van der Waals surface area contributed by atoms with Gasteiger partial charge in [-0.3, -0.25) is 4.98 Å². The minimum atomic E-state index is -0.388. The zero-order valence-corrected chi connectivity index (χ0v) is 11.6. The Morgan fingerprint density at radius 1 is 1.19 bits per heavy atom. The van der Waals surface area contributed by atoms with Crippen LogP contribution in [-0.2, 0) is 0 Å². The number of pyridine rings is 1. The predicted octanol–water partition coefficient (Wildman–Crippen LogP) is 3.02. The average Bonchev–Trinajstić information content (AvgIpc) is 2.88. The van der Waals surface area contributed by atoms with Gasteiger partial charge in [0.25, 0.3) is 0 Å². The van der Waals surface area contributed by atoms with Gasteiger partial charge in [-0.2, -0.15) is 14.9 Å². The van der Waals surface area contributed by atoms with Crippen molar-refractivity contribution in [1.82, 2.24) is 19.9 Å². The molecule has 5 nitrogen and oxygen atoms in total. The SMILES string of the molecule is Fc1ccccc1-c1n[nH]c(=S)n1/N=C\c1ccccn1. The van der Waals surface area contributed by atoms with Gasteiger partial charge >= 0.3 is 0 Å². The van der Waals surface area contributed by atoms with Gasteiger partial charge in [-0.15, -0.1) is 0 Å². The van der Waals surface area contributed by atoms with Gasteiger partial charge in [0.15, 0.2) is 5.82 Å². The Labute approximate surface area is 124 Å². The third-order valence-corrected chi connectivity index (χ3v) is 3.02. The highest BCUT2D eigenvalue weighted by Crippen LogP contribution is 2.20. The first-order valence-electron chi connectivity index (χ1n) is 6.13. The summed E-state index contributed by atoms with van der Waals surface area (Å²) in [6.45, 7) is 0. The van der Waals surface area contributed by atoms with Crippen molar-refractivity contribution in [2.45, 2.75) is 0 Å². The quantitative estimate of drug-likeness (QED) is 0.597. The molecule has 104 valence electrons. The molecule has 0 saturated heterocycles. The molecule has 0 aliphatic rings. The van der Waals surface area contributed by atoms with E-state index in [-0.39, 0.29) is 10.6 Å². The number of benzene rings is 1. The number of aromatic nitrogens is 4. The molecule has 0 amide bonds. The Kier molecular flexibility index (Phi) is 3.65. The first-order chi connectivity index (χ1) is 10.3. The van der Waals surface area contributed by atoms with E-state index in [1.165, 1.54) is 17.0 Å². The zero-order chi connectivity index (χ0) is 14.7. The van der Waals surface area contributed by atoms with Crippen LogP contribution in [0.2, 0.25) is 0 Å². The lowest BCUT2D eigenvalue weighted by atomic mass is 10.2. The maximum absolute atomic E-state index is 13.9. The Hall–Kier alpha value is -2.67. The lowest BCUT2D eigenvalue weighted by Gasteiger charge is -2.01. The normalized spacial score (nSPS) is 11.1. The second-order valence-corrected chi connectivity index (χ2v) is 4.53. The standard InChI is InChI=1S/C14H10FN5S/c15-12-7-2-1-6-11(12)13-18-19-14(21)20(13)17-9-10-5-3-4-8-16-10/h1-9H,(H,19,21)/b17-9-. The van der Waals surface area contributed by atoms with Crippen LogP contribution in [0.3, 0.4) is 0 Å². The molecule has 0 aliphatic heterocycles. The Morgan fingerprint density at radius 2 is 2.00 bits per heavy atom. The molecule has 0 unspecified atom stereocenters. The Bertz CT molecular complexity index is 838. The van der Waals surface area contributed by atoms with E-state index in [9.17, 15) is 4.39 Å². The number of aromatic amines is 1. The van der Waals surface area contributed by atoms with E-state index in [2.05, 4.69) is 20.3 Å². The highest BCUT2D eigenvalue weighted by Gasteiger charge is 2.12. The van der Waals surface area contributed by atoms with Crippen molar-refractivity contribution in [3.63, 3.8) is 0 Å². The van der Waals surface area contributed by atoms with Crippen molar-refractivity contribution in [3.8, 4) is 11.4 Å². The molecule has 0 spiro atoms. The second kappa shape index (κ2) is 5.76. The van der Waals surface area contributed by atoms with Crippen LogP contribution in [0.25, 0.3) is 11.4 Å². The molecule has 0 bridgehead atoms. The number of nitrogens with zero attached hydrogens (tertiary/aromatic N) is 4. The zero-order valence-electron chi connectivity index (χ0n) is 10.8. The number of rotatable bonds is 3. The Balaban J connectivity index is 2.05. The van der Waals surface area contributed by atoms with E-state index in [0.717, 1.165) is 0 Å². The van der Waals surface area contributed by atoms with E-state index in [0.29, 0.717) is 17.1 Å². The van der Waals surface area contributed by atoms with Gasteiger partial charge in [-0.05, 0) is 36.5 Å². The van der Waals surface area contributed by atoms with E-state index in [1.54, 1.807) is 30.5 Å². The summed E-state index contributed by atoms with van der Waals surface area (Å²) in [7, 11) is 0. The lowest BCUT2D eigenvalue weighted by Crippen LogP contribution is -1.97. The number of nitrogens with one attached hydrogen (secondary N) is 1. The first-order valence-corrected chi connectivity index (χ1v) is 6.54. The van der Waals surface area contributed by atoms with Crippen molar-refractivity contribution in [1.29, 1.82) is 0 Å². The molecule has 0 saturated carbocycles. The highest BCUT2D eigenvalue weighted by molar-refractivity contribution is 7.71. The van der Waals surface area contributed by atoms with E-state index < -0.39 is 0 Å². The molecule has 21 heavy (non-hydrogen) atoms. The van der Waals surface area contributed by atoms with Crippen LogP contribution in [0.4, 0.5) is 4.39 Å². The molecular formula is C14H10FN5S. The highest BCUT2D eigenvalue weighted by atomic mass is 32.1. The van der Waals surface area contributed by atoms with Crippen LogP contribution in [0.15, 0.2) is 53.8 Å². The fraction of sp³-hybridized carbons (Fsp3) is 0. The van der Waals surface area contributed by atoms with Gasteiger partial charge in [-0.25, -0.2) is 9.49 Å². The first kappa shape index (κ1) is 13.3. The minimum Gasteiger partial charge on any atom is -0.255 e. The van der Waals surface area contributed by atoms with Crippen molar-refractivity contribution < 1.29 is 4.39 Å². The Morgan fingerprint density at radius 3 is 2.76 bits per heavy atom. The summed E-state index contributed by atoms with van der Waals surface area (Å²) >= 11 is 5.12. The third-order valence-electron chi connectivity index (χ3n) is 2.76. The van der Waals surface area contributed by atoms with Crippen molar-refractivity contribution in [2.75, 3.05) is 0 Å². The molecule has 0 fully saturated rings. The predicted molar refractivity (Wildman–Crippen MR) is 80.0 cm³/mol. The summed E-state index contributed by atoms with van der Waals surface area (Å²) in [6.07, 6.45) is 3.20. The van der Waals surface area contributed by atoms with Crippen LogP contribution < -0.4 is 0 Å². The van der Waals surface area contributed by atoms with Gasteiger partial charge in [-0.1, -0.05) is 18.2 Å². The maximum Gasteiger partial charge on any atom is 0.216 e. The van der Waals surface area contributed by atoms with Crippen molar-refractivity contribution in [2.24, 2.45) is 5.10 Å². The topological polar surface area (TPSA) is 58.9 Å². The van der Waals surface area contributed by atoms with Crippen LogP contribution in [0.5, 0.6) is 0 Å². The molecule has 2 aromatic heterocycles. The molecule has 3 aromatic rings. The van der Waals surface area contributed by atoms with Crippen LogP contribution in [0.1, 0.15) is 5.69 Å². The van der Waals surface area contributed by atoms with E-state index in [1.807, 2.05) is 12.1 Å². The summed E-state index contributed by atoms with van der Waals surface area (Å²) in [5, 5.41) is 10.9. The number of hydrogen-bond donors (Lipinski definition) is 1. The maximum atomic E-state index is 13.9. The molecular weight excluding hydrogens is 289 g/mol. The summed E-state index contributed by atoms with van der Waals surface area (Å²) in [6, 6.07) is 11.8. The van der Waals surface area contributed by atoms with E-state index in [4.69, 9.17) is 12.2 Å². The molecule has 7 heteroatoms. The van der Waals surface area contributed by atoms with Gasteiger partial charge in [0.05, 0.1) is 17.5 Å². The molecule has 0 radical (unpaired) electrons. The monoisotopic (exact) mass is 299 g/mol. The molecule has 3 rings (SSSR count). The lowest BCUT2D eigenvalue weighted by molar-refractivity contribution is 0.628. The third kappa shape index (κ3) is 2.77. The molecule has 1 N–H and O–H groups in total. The molecule has 2 heterocycles. The largest absolute Gasteiger partial charge is 0.255 e. The van der Waals surface area contributed by atoms with Crippen LogP contribution in [-0.4, -0.2) is 26.1 Å². The van der Waals surface area contributed by atoms with Gasteiger partial charge in [0, 0.05) is 6.20 Å². The van der Waals surface area contributed by atoms with Crippen LogP contribution in [0, 0.1) is 10.6 Å². The number of halogens is 1. The average molecular weight is 299 g/mol. The smallest absolute Gasteiger partial charge is 0.216 e. The fourth-order valence-corrected chi connectivity index (χ4v) is 1.96. The van der Waals surface area contributed by atoms with Crippen molar-refractivity contribution >= 4 is 18.4 Å². The molecule has 0 aliphatic carbocycles. The second-order valence-electron chi connectivity index (χ2n) is 4.14. The number of hydrogen-bond acceptors (Lipinski definition) is 4. The fourth-order valence-electron chi connectivity index (χ4n) is 1.78. The minimum absolute atomic E-state index is 0.278. The van der Waals surface area contributed by atoms with Crippen LogP contribution >= 0.6 is 12.2 Å². The van der Waals surface area contributed by atoms with Gasteiger partial charge < -0.3 is 0 Å². The van der Waals surface area contributed by atoms with Gasteiger partial charge in [0.2, 0.25) is 4.77 Å². The summed E-state index contributed by atoms with van der Waals surface area (Å²) in [5.41, 5.74) is 0.989. The summed E-state index contributed by atoms with van der Waals surface area (Å²) < 4.78 is 15.5. The summed E-state index contributed by atoms with van der Waals surface area (Å²) in [5.74, 6) is -0.0777. The summed E-state index contributed by atoms with van der Waals surface area (Å²) in [4.78, 5) is 4.13. The van der Waals surface area contributed by atoms with Crippen molar-refractivity contribution in [3.05, 3.63) is 64.9 Å². The van der Waals surface area contributed by atoms with E-state index >= 15 is 0 Å². The molecule has 0 atom stereocenters. The van der Waals surface area contributed by atoms with Gasteiger partial charge in [0.1, 0.15) is 5.82 Å². The molecule has 1 aromatic carbocycles.